The number of methoxy groups -OCH3 is 1. The van der Waals surface area contributed by atoms with Crippen molar-refractivity contribution in [2.24, 2.45) is 10.7 Å². The number of fused-ring (bicyclic) bond motifs is 1. The number of nitrogens with zero attached hydrogens (tertiary/aromatic N) is 4. The maximum Gasteiger partial charge on any atom is 0.410 e. The highest BCUT2D eigenvalue weighted by molar-refractivity contribution is 7.92. The van der Waals surface area contributed by atoms with Gasteiger partial charge in [0, 0.05) is 43.5 Å². The van der Waals surface area contributed by atoms with Gasteiger partial charge in [-0.1, -0.05) is 6.07 Å². The molecule has 1 aromatic heterocycles. The summed E-state index contributed by atoms with van der Waals surface area (Å²) in [5.74, 6) is -1.75. The lowest BCUT2D eigenvalue weighted by Crippen LogP contribution is -2.51. The number of hydrogen-bond donors (Lipinski definition) is 2. The molecule has 3 N–H and O–H groups in total. The molecule has 1 amide bonds. The first-order valence-electron chi connectivity index (χ1n) is 14.0. The zero-order valence-corrected chi connectivity index (χ0v) is 25.6. The summed E-state index contributed by atoms with van der Waals surface area (Å²) in [4.78, 5) is 24.4. The predicted molar refractivity (Wildman–Crippen MR) is 161 cm³/mol. The molecule has 1 saturated heterocycles. The standard InChI is InChI=1S/C30H34F2N6O5S/c1-30(2,3)43-29(39)37-11-9-22(10-12-37)38-17-20-13-18(5-7-24(20)35-28(38)33)19-14-25(27(42-4)34-16-19)36-44(40,41)26-8-6-21(31)15-23(26)32/h5-8,13-16,22,36H,9-12,17H2,1-4H3,(H2,33,35). The highest BCUT2D eigenvalue weighted by Crippen LogP contribution is 2.35. The summed E-state index contributed by atoms with van der Waals surface area (Å²) >= 11 is 0. The quantitative estimate of drug-likeness (QED) is 0.389. The average molecular weight is 629 g/mol. The van der Waals surface area contributed by atoms with Crippen LogP contribution in [0.15, 0.2) is 58.5 Å². The van der Waals surface area contributed by atoms with E-state index in [0.29, 0.717) is 55.8 Å². The van der Waals surface area contributed by atoms with Crippen molar-refractivity contribution in [3.8, 4) is 17.0 Å². The second-order valence-corrected chi connectivity index (χ2v) is 13.3. The molecule has 0 radical (unpaired) electrons. The molecule has 234 valence electrons. The number of nitrogens with one attached hydrogen (secondary N) is 1. The van der Waals surface area contributed by atoms with Gasteiger partial charge in [0.15, 0.2) is 5.96 Å². The van der Waals surface area contributed by atoms with Crippen LogP contribution < -0.4 is 15.2 Å². The van der Waals surface area contributed by atoms with Crippen molar-refractivity contribution in [1.29, 1.82) is 0 Å². The van der Waals surface area contributed by atoms with E-state index in [-0.39, 0.29) is 23.7 Å². The number of benzene rings is 2. The molecule has 0 saturated carbocycles. The Morgan fingerprint density at radius 2 is 1.80 bits per heavy atom. The van der Waals surface area contributed by atoms with Crippen LogP contribution >= 0.6 is 0 Å². The molecule has 2 aliphatic heterocycles. The summed E-state index contributed by atoms with van der Waals surface area (Å²) in [5.41, 5.74) is 8.67. The van der Waals surface area contributed by atoms with Gasteiger partial charge in [-0.15, -0.1) is 0 Å². The van der Waals surface area contributed by atoms with E-state index in [1.54, 1.807) is 4.90 Å². The maximum absolute atomic E-state index is 14.3. The molecule has 1 fully saturated rings. The van der Waals surface area contributed by atoms with Crippen LogP contribution in [-0.2, 0) is 21.3 Å². The fourth-order valence-corrected chi connectivity index (χ4v) is 6.30. The summed E-state index contributed by atoms with van der Waals surface area (Å²) < 4.78 is 66.6. The summed E-state index contributed by atoms with van der Waals surface area (Å²) in [5, 5.41) is 0. The molecule has 11 nitrogen and oxygen atoms in total. The third kappa shape index (κ3) is 6.69. The summed E-state index contributed by atoms with van der Waals surface area (Å²) in [6, 6.07) is 9.36. The normalized spacial score (nSPS) is 15.8. The third-order valence-electron chi connectivity index (χ3n) is 7.31. The van der Waals surface area contributed by atoms with Gasteiger partial charge in [0.25, 0.3) is 10.0 Å². The van der Waals surface area contributed by atoms with Crippen LogP contribution in [0, 0.1) is 11.6 Å². The van der Waals surface area contributed by atoms with Crippen LogP contribution in [0.1, 0.15) is 39.2 Å². The Labute approximate surface area is 254 Å². The van der Waals surface area contributed by atoms with Crippen LogP contribution in [-0.4, -0.2) is 67.1 Å². The maximum atomic E-state index is 14.3. The number of guanidine groups is 1. The molecule has 0 unspecified atom stereocenters. The second kappa shape index (κ2) is 11.9. The Hall–Kier alpha value is -4.46. The van der Waals surface area contributed by atoms with Crippen molar-refractivity contribution in [3.63, 3.8) is 0 Å². The summed E-state index contributed by atoms with van der Waals surface area (Å²) in [6.07, 6.45) is 2.60. The van der Waals surface area contributed by atoms with Gasteiger partial charge in [0.05, 0.1) is 12.8 Å². The smallest absolute Gasteiger partial charge is 0.410 e. The van der Waals surface area contributed by atoms with Gasteiger partial charge in [0.2, 0.25) is 5.88 Å². The van der Waals surface area contributed by atoms with Crippen LogP contribution in [0.3, 0.4) is 0 Å². The van der Waals surface area contributed by atoms with Gasteiger partial charge in [-0.05, 0) is 75.1 Å². The van der Waals surface area contributed by atoms with Gasteiger partial charge in [-0.3, -0.25) is 4.72 Å². The van der Waals surface area contributed by atoms with E-state index in [2.05, 4.69) is 14.7 Å². The number of pyridine rings is 1. The number of carbonyl (C=O) groups is 1. The first-order valence-corrected chi connectivity index (χ1v) is 15.5. The SMILES string of the molecule is COc1ncc(-c2ccc3c(c2)CN(C2CCN(C(=O)OC(C)(C)C)CC2)C(N)=N3)cc1NS(=O)(=O)c1ccc(F)cc1F. The van der Waals surface area contributed by atoms with Crippen molar-refractivity contribution in [2.45, 2.75) is 56.7 Å². The Morgan fingerprint density at radius 3 is 2.45 bits per heavy atom. The fraction of sp³-hybridized carbons (Fsp3) is 0.367. The van der Waals surface area contributed by atoms with Crippen LogP contribution in [0.2, 0.25) is 0 Å². The van der Waals surface area contributed by atoms with Crippen molar-refractivity contribution in [2.75, 3.05) is 24.9 Å². The minimum Gasteiger partial charge on any atom is -0.480 e. The number of carbonyl (C=O) groups excluding carboxylic acids is 1. The number of ether oxygens (including phenoxy) is 2. The predicted octanol–water partition coefficient (Wildman–Crippen LogP) is 5.00. The number of hydrogen-bond acceptors (Lipinski definition) is 9. The lowest BCUT2D eigenvalue weighted by molar-refractivity contribution is 0.0170. The van der Waals surface area contributed by atoms with Crippen LogP contribution in [0.5, 0.6) is 5.88 Å². The minimum atomic E-state index is -4.43. The van der Waals surface area contributed by atoms with Crippen molar-refractivity contribution >= 4 is 33.5 Å². The number of halogens is 2. The molecule has 44 heavy (non-hydrogen) atoms. The van der Waals surface area contributed by atoms with Gasteiger partial charge in [0.1, 0.15) is 27.8 Å². The van der Waals surface area contributed by atoms with Gasteiger partial charge in [-0.2, -0.15) is 0 Å². The number of aromatic nitrogens is 1. The van der Waals surface area contributed by atoms with E-state index in [4.69, 9.17) is 15.2 Å². The van der Waals surface area contributed by atoms with Gasteiger partial charge in [-0.25, -0.2) is 32.0 Å². The van der Waals surface area contributed by atoms with Gasteiger partial charge < -0.3 is 25.0 Å². The Bertz CT molecular complexity index is 1720. The molecule has 3 heterocycles. The largest absolute Gasteiger partial charge is 0.480 e. The number of nitrogens with two attached hydrogens (primary N) is 1. The monoisotopic (exact) mass is 628 g/mol. The van der Waals surface area contributed by atoms with E-state index in [9.17, 15) is 22.0 Å². The van der Waals surface area contributed by atoms with E-state index in [1.807, 2.05) is 43.9 Å². The molecule has 0 bridgehead atoms. The average Bonchev–Trinajstić information content (AvgIpc) is 2.95. The number of sulfonamides is 1. The number of amides is 1. The lowest BCUT2D eigenvalue weighted by Gasteiger charge is -2.40. The first-order chi connectivity index (χ1) is 20.7. The molecule has 0 spiro atoms. The Morgan fingerprint density at radius 1 is 1.07 bits per heavy atom. The zero-order chi connectivity index (χ0) is 31.8. The highest BCUT2D eigenvalue weighted by atomic mass is 32.2. The zero-order valence-electron chi connectivity index (χ0n) is 24.8. The fourth-order valence-electron chi connectivity index (χ4n) is 5.19. The van der Waals surface area contributed by atoms with E-state index >= 15 is 0 Å². The van der Waals surface area contributed by atoms with Crippen molar-refractivity contribution < 1.29 is 31.5 Å². The second-order valence-electron chi connectivity index (χ2n) is 11.6. The molecule has 2 aliphatic rings. The molecular formula is C30H34F2N6O5S. The Kier molecular flexibility index (Phi) is 8.38. The molecule has 14 heteroatoms. The number of anilines is 1. The van der Waals surface area contributed by atoms with E-state index in [1.165, 1.54) is 19.4 Å². The van der Waals surface area contributed by atoms with E-state index < -0.39 is 32.2 Å². The number of aliphatic imine (C=N–C) groups is 1. The Balaban J connectivity index is 1.35. The molecule has 5 rings (SSSR count). The number of piperidine rings is 1. The third-order valence-corrected chi connectivity index (χ3v) is 8.71. The topological polar surface area (TPSA) is 139 Å². The molecule has 0 atom stereocenters. The van der Waals surface area contributed by atoms with Gasteiger partial charge >= 0.3 is 6.09 Å². The van der Waals surface area contributed by atoms with Crippen LogP contribution in [0.4, 0.5) is 25.0 Å². The first kappa shape index (κ1) is 31.0. The highest BCUT2D eigenvalue weighted by Gasteiger charge is 2.32. The van der Waals surface area contributed by atoms with E-state index in [0.717, 1.165) is 23.3 Å². The summed E-state index contributed by atoms with van der Waals surface area (Å²) in [7, 11) is -3.11. The lowest BCUT2D eigenvalue weighted by atomic mass is 9.99. The molecule has 3 aromatic rings. The molecular weight excluding hydrogens is 594 g/mol. The number of likely N-dealkylation sites (tertiary alicyclic amines) is 1. The van der Waals surface area contributed by atoms with Crippen LogP contribution in [0.25, 0.3) is 11.1 Å². The van der Waals surface area contributed by atoms with Crippen molar-refractivity contribution in [3.05, 3.63) is 65.9 Å². The number of rotatable bonds is 6. The summed E-state index contributed by atoms with van der Waals surface area (Å²) in [6.45, 7) is 7.07. The minimum absolute atomic E-state index is 0.0212. The molecule has 2 aromatic carbocycles. The molecule has 0 aliphatic carbocycles. The van der Waals surface area contributed by atoms with Crippen molar-refractivity contribution in [1.82, 2.24) is 14.8 Å².